The van der Waals surface area contributed by atoms with Gasteiger partial charge >= 0.3 is 6.03 Å². The molecule has 0 aromatic heterocycles. The van der Waals surface area contributed by atoms with Crippen molar-refractivity contribution < 1.29 is 18.0 Å². The van der Waals surface area contributed by atoms with Crippen molar-refractivity contribution in [1.29, 1.82) is 0 Å². The molecule has 6 nitrogen and oxygen atoms in total. The molecule has 1 atom stereocenters. The number of rotatable bonds is 6. The molecule has 3 amide bonds. The minimum absolute atomic E-state index is 0.132. The molecule has 0 bridgehead atoms. The maximum absolute atomic E-state index is 12.6. The van der Waals surface area contributed by atoms with Crippen molar-refractivity contribution in [1.82, 2.24) is 10.2 Å². The molecule has 2 rings (SSSR count). The lowest BCUT2D eigenvalue weighted by atomic mass is 9.91. The Bertz CT molecular complexity index is 712. The molecule has 0 radical (unpaired) electrons. The molecule has 1 unspecified atom stereocenters. The Morgan fingerprint density at radius 3 is 2.30 bits per heavy atom. The van der Waals surface area contributed by atoms with Gasteiger partial charge in [0.15, 0.2) is 0 Å². The Labute approximate surface area is 136 Å². The molecule has 0 aliphatic carbocycles. The number of hydrogen-bond acceptors (Lipinski definition) is 4. The number of amides is 3. The first-order valence-electron chi connectivity index (χ1n) is 7.58. The minimum Gasteiger partial charge on any atom is -0.319 e. The predicted octanol–water partition coefficient (Wildman–Crippen LogP) is 1.45. The van der Waals surface area contributed by atoms with Gasteiger partial charge in [-0.1, -0.05) is 37.6 Å². The number of hydrogen-bond donors (Lipinski definition) is 1. The highest BCUT2D eigenvalue weighted by atomic mass is 32.2. The molecule has 1 aliphatic heterocycles. The van der Waals surface area contributed by atoms with Gasteiger partial charge in [-0.2, -0.15) is 0 Å². The monoisotopic (exact) mass is 338 g/mol. The fourth-order valence-electron chi connectivity index (χ4n) is 2.65. The zero-order chi connectivity index (χ0) is 17.3. The predicted molar refractivity (Wildman–Crippen MR) is 87.7 cm³/mol. The molecule has 1 heterocycles. The molecule has 126 valence electrons. The lowest BCUT2D eigenvalue weighted by molar-refractivity contribution is -0.130. The highest BCUT2D eigenvalue weighted by Gasteiger charge is 2.48. The molecule has 7 heteroatoms. The maximum atomic E-state index is 12.6. The van der Waals surface area contributed by atoms with Crippen LogP contribution in [-0.4, -0.2) is 43.8 Å². The molecule has 1 saturated heterocycles. The average molecular weight is 338 g/mol. The van der Waals surface area contributed by atoms with Gasteiger partial charge in [-0.25, -0.2) is 13.2 Å². The quantitative estimate of drug-likeness (QED) is 0.796. The van der Waals surface area contributed by atoms with Crippen LogP contribution in [0, 0.1) is 0 Å². The van der Waals surface area contributed by atoms with Gasteiger partial charge in [0.05, 0.1) is 5.75 Å². The van der Waals surface area contributed by atoms with Crippen molar-refractivity contribution in [2.75, 3.05) is 18.6 Å². The molecule has 0 spiro atoms. The van der Waals surface area contributed by atoms with Crippen LogP contribution in [0.25, 0.3) is 0 Å². The molecule has 0 saturated carbocycles. The molecule has 23 heavy (non-hydrogen) atoms. The van der Waals surface area contributed by atoms with Gasteiger partial charge in [0.2, 0.25) is 0 Å². The third-order valence-corrected chi connectivity index (χ3v) is 4.95. The Balaban J connectivity index is 2.21. The number of carbonyl (C=O) groups is 2. The van der Waals surface area contributed by atoms with E-state index in [-0.39, 0.29) is 12.3 Å². The first-order valence-corrected chi connectivity index (χ1v) is 9.64. The number of urea groups is 1. The second kappa shape index (κ2) is 6.31. The molecule has 1 aromatic carbocycles. The van der Waals surface area contributed by atoms with Crippen molar-refractivity contribution in [3.8, 4) is 0 Å². The van der Waals surface area contributed by atoms with Crippen LogP contribution < -0.4 is 5.32 Å². The zero-order valence-corrected chi connectivity index (χ0v) is 14.4. The van der Waals surface area contributed by atoms with Gasteiger partial charge in [0.25, 0.3) is 5.91 Å². The summed E-state index contributed by atoms with van der Waals surface area (Å²) >= 11 is 0. The summed E-state index contributed by atoms with van der Waals surface area (Å²) in [5.41, 5.74) is 0.711. The topological polar surface area (TPSA) is 83.6 Å². The van der Waals surface area contributed by atoms with Crippen LogP contribution in [0.4, 0.5) is 4.79 Å². The van der Waals surface area contributed by atoms with Gasteiger partial charge in [-0.15, -0.1) is 0 Å². The van der Waals surface area contributed by atoms with Gasteiger partial charge in [-0.3, -0.25) is 9.69 Å². The lowest BCUT2D eigenvalue weighted by Crippen LogP contribution is -2.41. The Morgan fingerprint density at radius 1 is 1.17 bits per heavy atom. The average Bonchev–Trinajstić information content (AvgIpc) is 2.68. The van der Waals surface area contributed by atoms with Crippen LogP contribution in [0.5, 0.6) is 0 Å². The number of nitrogens with one attached hydrogen (secondary N) is 1. The standard InChI is InChI=1S/C16H22N2O4S/c1-4-5-12-6-8-13(9-7-12)16(2)14(19)18(15(20)17-16)10-11-23(3,21)22/h6-9H,4-5,10-11H2,1-3H3,(H,17,20). The number of carbonyl (C=O) groups excluding carboxylic acids is 2. The van der Waals surface area contributed by atoms with E-state index in [1.807, 2.05) is 24.3 Å². The second-order valence-corrected chi connectivity index (χ2v) is 8.35. The summed E-state index contributed by atoms with van der Waals surface area (Å²) in [6, 6.07) is 7.01. The number of aryl methyl sites for hydroxylation is 1. The summed E-state index contributed by atoms with van der Waals surface area (Å²) in [7, 11) is -3.25. The normalized spacial score (nSPS) is 21.6. The van der Waals surface area contributed by atoms with Crippen LogP contribution >= 0.6 is 0 Å². The van der Waals surface area contributed by atoms with E-state index in [2.05, 4.69) is 12.2 Å². The third-order valence-electron chi connectivity index (χ3n) is 4.03. The van der Waals surface area contributed by atoms with Crippen molar-refractivity contribution in [2.24, 2.45) is 0 Å². The first kappa shape index (κ1) is 17.5. The number of benzene rings is 1. The van der Waals surface area contributed by atoms with Crippen LogP contribution in [-0.2, 0) is 26.6 Å². The highest BCUT2D eigenvalue weighted by Crippen LogP contribution is 2.29. The van der Waals surface area contributed by atoms with E-state index in [1.165, 1.54) is 5.56 Å². The smallest absolute Gasteiger partial charge is 0.319 e. The largest absolute Gasteiger partial charge is 0.325 e. The van der Waals surface area contributed by atoms with Gasteiger partial charge < -0.3 is 5.32 Å². The molecular weight excluding hydrogens is 316 g/mol. The Hall–Kier alpha value is -1.89. The maximum Gasteiger partial charge on any atom is 0.325 e. The van der Waals surface area contributed by atoms with Crippen LogP contribution in [0.2, 0.25) is 0 Å². The fourth-order valence-corrected chi connectivity index (χ4v) is 3.16. The van der Waals surface area contributed by atoms with Crippen molar-refractivity contribution in [3.05, 3.63) is 35.4 Å². The summed E-state index contributed by atoms with van der Waals surface area (Å²) in [6.45, 7) is 3.60. The van der Waals surface area contributed by atoms with Gasteiger partial charge in [0, 0.05) is 12.8 Å². The number of nitrogens with zero attached hydrogens (tertiary/aromatic N) is 1. The van der Waals surface area contributed by atoms with E-state index < -0.39 is 27.3 Å². The summed E-state index contributed by atoms with van der Waals surface area (Å²) in [4.78, 5) is 25.6. The van der Waals surface area contributed by atoms with E-state index in [0.717, 1.165) is 24.0 Å². The van der Waals surface area contributed by atoms with Crippen LogP contribution in [0.15, 0.2) is 24.3 Å². The molecule has 1 N–H and O–H groups in total. The Kier molecular flexibility index (Phi) is 4.79. The number of sulfone groups is 1. The van der Waals surface area contributed by atoms with E-state index in [0.29, 0.717) is 5.56 Å². The third kappa shape index (κ3) is 3.72. The molecule has 1 aromatic rings. The minimum atomic E-state index is -3.25. The summed E-state index contributed by atoms with van der Waals surface area (Å²) in [6.07, 6.45) is 3.07. The molecular formula is C16H22N2O4S. The van der Waals surface area contributed by atoms with E-state index in [9.17, 15) is 18.0 Å². The second-order valence-electron chi connectivity index (χ2n) is 6.09. The van der Waals surface area contributed by atoms with Crippen molar-refractivity contribution >= 4 is 21.8 Å². The number of imide groups is 1. The lowest BCUT2D eigenvalue weighted by Gasteiger charge is -2.22. The molecule has 1 fully saturated rings. The zero-order valence-electron chi connectivity index (χ0n) is 13.6. The van der Waals surface area contributed by atoms with E-state index >= 15 is 0 Å². The summed E-state index contributed by atoms with van der Waals surface area (Å²) < 4.78 is 22.5. The first-order chi connectivity index (χ1) is 10.7. The summed E-state index contributed by atoms with van der Waals surface area (Å²) in [5, 5.41) is 2.68. The molecule has 1 aliphatic rings. The fraction of sp³-hybridized carbons (Fsp3) is 0.500. The summed E-state index contributed by atoms with van der Waals surface area (Å²) in [5.74, 6) is -0.660. The van der Waals surface area contributed by atoms with Crippen LogP contribution in [0.1, 0.15) is 31.4 Å². The highest BCUT2D eigenvalue weighted by molar-refractivity contribution is 7.90. The van der Waals surface area contributed by atoms with Gasteiger partial charge in [-0.05, 0) is 24.5 Å². The SMILES string of the molecule is CCCc1ccc(C2(C)NC(=O)N(CCS(C)(=O)=O)C2=O)cc1. The van der Waals surface area contributed by atoms with E-state index in [1.54, 1.807) is 6.92 Å². The van der Waals surface area contributed by atoms with Crippen molar-refractivity contribution in [3.63, 3.8) is 0 Å². The Morgan fingerprint density at radius 2 is 1.78 bits per heavy atom. The van der Waals surface area contributed by atoms with Gasteiger partial charge in [0.1, 0.15) is 15.4 Å². The van der Waals surface area contributed by atoms with E-state index in [4.69, 9.17) is 0 Å². The van der Waals surface area contributed by atoms with Crippen molar-refractivity contribution in [2.45, 2.75) is 32.2 Å². The van der Waals surface area contributed by atoms with Crippen LogP contribution in [0.3, 0.4) is 0 Å².